The minimum atomic E-state index is -0.236. The van der Waals surface area contributed by atoms with Crippen molar-refractivity contribution < 1.29 is 9.59 Å². The van der Waals surface area contributed by atoms with Gasteiger partial charge in [0.2, 0.25) is 5.91 Å². The first-order valence-electron chi connectivity index (χ1n) is 8.47. The maximum absolute atomic E-state index is 12.6. The first kappa shape index (κ1) is 17.6. The number of amides is 2. The molecule has 0 unspecified atom stereocenters. The molecule has 0 bridgehead atoms. The van der Waals surface area contributed by atoms with E-state index in [4.69, 9.17) is 0 Å². The highest BCUT2D eigenvalue weighted by Gasteiger charge is 2.15. The quantitative estimate of drug-likeness (QED) is 0.760. The molecular formula is C21H21N3O2. The summed E-state index contributed by atoms with van der Waals surface area (Å²) in [4.78, 5) is 29.2. The number of carbonyl (C=O) groups is 2. The van der Waals surface area contributed by atoms with E-state index < -0.39 is 0 Å². The number of hydrogen-bond donors (Lipinski definition) is 2. The van der Waals surface area contributed by atoms with Gasteiger partial charge in [0.1, 0.15) is 0 Å². The van der Waals surface area contributed by atoms with Gasteiger partial charge in [0.15, 0.2) is 0 Å². The maximum Gasteiger partial charge on any atom is 0.253 e. The molecule has 0 spiro atoms. The molecule has 0 saturated heterocycles. The number of nitrogens with zero attached hydrogens (tertiary/aromatic N) is 1. The molecule has 5 nitrogen and oxygen atoms in total. The smallest absolute Gasteiger partial charge is 0.253 e. The Kier molecular flexibility index (Phi) is 4.98. The first-order valence-corrected chi connectivity index (χ1v) is 8.47. The highest BCUT2D eigenvalue weighted by molar-refractivity contribution is 6.04. The fourth-order valence-electron chi connectivity index (χ4n) is 3.11. The number of pyridine rings is 1. The van der Waals surface area contributed by atoms with E-state index in [9.17, 15) is 9.59 Å². The van der Waals surface area contributed by atoms with Crippen LogP contribution in [-0.2, 0) is 11.2 Å². The van der Waals surface area contributed by atoms with Crippen molar-refractivity contribution in [3.05, 3.63) is 70.9 Å². The molecule has 0 fully saturated rings. The number of fused-ring (bicyclic) bond motifs is 1. The number of carbonyl (C=O) groups excluding carboxylic acids is 2. The lowest BCUT2D eigenvalue weighted by Gasteiger charge is -2.14. The molecule has 1 aromatic heterocycles. The van der Waals surface area contributed by atoms with E-state index in [-0.39, 0.29) is 18.2 Å². The standard InChI is InChI=1S/C21H21N3O2/c1-13-15-8-4-6-10-18(15)23-14(2)17(13)12-20(25)24-19-11-7-5-9-16(19)21(26)22-3/h4-11H,12H2,1-3H3,(H,22,26)(H,24,25). The highest BCUT2D eigenvalue weighted by Crippen LogP contribution is 2.23. The summed E-state index contributed by atoms with van der Waals surface area (Å²) in [6.07, 6.45) is 0.206. The lowest BCUT2D eigenvalue weighted by atomic mass is 9.99. The van der Waals surface area contributed by atoms with Crippen LogP contribution in [0.3, 0.4) is 0 Å². The van der Waals surface area contributed by atoms with Crippen LogP contribution >= 0.6 is 0 Å². The van der Waals surface area contributed by atoms with Crippen molar-refractivity contribution in [1.82, 2.24) is 10.3 Å². The zero-order chi connectivity index (χ0) is 18.7. The monoisotopic (exact) mass is 347 g/mol. The van der Waals surface area contributed by atoms with E-state index in [1.807, 2.05) is 38.1 Å². The second-order valence-corrected chi connectivity index (χ2v) is 6.17. The van der Waals surface area contributed by atoms with Gasteiger partial charge in [-0.1, -0.05) is 30.3 Å². The molecule has 0 radical (unpaired) electrons. The Morgan fingerprint density at radius 2 is 1.69 bits per heavy atom. The summed E-state index contributed by atoms with van der Waals surface area (Å²) in [5.41, 5.74) is 4.68. The van der Waals surface area contributed by atoms with Crippen molar-refractivity contribution >= 4 is 28.4 Å². The number of para-hydroxylation sites is 2. The lowest BCUT2D eigenvalue weighted by molar-refractivity contribution is -0.115. The van der Waals surface area contributed by atoms with E-state index in [1.165, 1.54) is 0 Å². The Hall–Kier alpha value is -3.21. The number of benzene rings is 2. The summed E-state index contributed by atoms with van der Waals surface area (Å²) < 4.78 is 0. The second-order valence-electron chi connectivity index (χ2n) is 6.17. The molecule has 5 heteroatoms. The SMILES string of the molecule is CNC(=O)c1ccccc1NC(=O)Cc1c(C)nc2ccccc2c1C. The van der Waals surface area contributed by atoms with Crippen molar-refractivity contribution in [1.29, 1.82) is 0 Å². The van der Waals surface area contributed by atoms with E-state index in [0.29, 0.717) is 11.3 Å². The van der Waals surface area contributed by atoms with Crippen LogP contribution in [-0.4, -0.2) is 23.8 Å². The van der Waals surface area contributed by atoms with Crippen LogP contribution in [0.5, 0.6) is 0 Å². The van der Waals surface area contributed by atoms with Crippen LogP contribution in [0.15, 0.2) is 48.5 Å². The number of anilines is 1. The average Bonchev–Trinajstić information content (AvgIpc) is 2.65. The predicted molar refractivity (Wildman–Crippen MR) is 103 cm³/mol. The molecule has 0 atom stereocenters. The van der Waals surface area contributed by atoms with Crippen molar-refractivity contribution in [2.75, 3.05) is 12.4 Å². The van der Waals surface area contributed by atoms with Crippen LogP contribution in [0.1, 0.15) is 27.2 Å². The van der Waals surface area contributed by atoms with E-state index in [0.717, 1.165) is 27.7 Å². The van der Waals surface area contributed by atoms with Gasteiger partial charge in [-0.15, -0.1) is 0 Å². The van der Waals surface area contributed by atoms with Gasteiger partial charge in [0.05, 0.1) is 23.2 Å². The van der Waals surface area contributed by atoms with Crippen molar-refractivity contribution in [2.24, 2.45) is 0 Å². The summed E-state index contributed by atoms with van der Waals surface area (Å²) in [5.74, 6) is -0.412. The van der Waals surface area contributed by atoms with Gasteiger partial charge in [-0.25, -0.2) is 0 Å². The maximum atomic E-state index is 12.6. The average molecular weight is 347 g/mol. The van der Waals surface area contributed by atoms with E-state index in [2.05, 4.69) is 15.6 Å². The highest BCUT2D eigenvalue weighted by atomic mass is 16.2. The third-order valence-electron chi connectivity index (χ3n) is 4.50. The summed E-state index contributed by atoms with van der Waals surface area (Å²) in [6.45, 7) is 3.93. The lowest BCUT2D eigenvalue weighted by Crippen LogP contribution is -2.22. The van der Waals surface area contributed by atoms with Gasteiger partial charge in [-0.2, -0.15) is 0 Å². The molecule has 3 aromatic rings. The third-order valence-corrected chi connectivity index (χ3v) is 4.50. The van der Waals surface area contributed by atoms with Gasteiger partial charge < -0.3 is 10.6 Å². The topological polar surface area (TPSA) is 71.1 Å². The number of nitrogens with one attached hydrogen (secondary N) is 2. The Morgan fingerprint density at radius 1 is 1.00 bits per heavy atom. The Balaban J connectivity index is 1.88. The van der Waals surface area contributed by atoms with Gasteiger partial charge in [-0.05, 0) is 43.2 Å². The van der Waals surface area contributed by atoms with Gasteiger partial charge in [-0.3, -0.25) is 14.6 Å². The number of aryl methyl sites for hydroxylation is 2. The van der Waals surface area contributed by atoms with E-state index in [1.54, 1.807) is 31.3 Å². The summed E-state index contributed by atoms with van der Waals surface area (Å²) in [7, 11) is 1.56. The summed E-state index contributed by atoms with van der Waals surface area (Å²) in [6, 6.07) is 14.9. The summed E-state index contributed by atoms with van der Waals surface area (Å²) in [5, 5.41) is 6.48. The van der Waals surface area contributed by atoms with Gasteiger partial charge >= 0.3 is 0 Å². The van der Waals surface area contributed by atoms with Crippen LogP contribution in [0.25, 0.3) is 10.9 Å². The molecule has 3 rings (SSSR count). The zero-order valence-corrected chi connectivity index (χ0v) is 15.1. The fraction of sp³-hybridized carbons (Fsp3) is 0.190. The van der Waals surface area contributed by atoms with Crippen molar-refractivity contribution in [2.45, 2.75) is 20.3 Å². The Morgan fingerprint density at radius 3 is 2.46 bits per heavy atom. The third kappa shape index (κ3) is 3.42. The van der Waals surface area contributed by atoms with Crippen molar-refractivity contribution in [3.63, 3.8) is 0 Å². The number of aromatic nitrogens is 1. The van der Waals surface area contributed by atoms with E-state index >= 15 is 0 Å². The first-order chi connectivity index (χ1) is 12.5. The minimum Gasteiger partial charge on any atom is -0.355 e. The molecule has 2 aromatic carbocycles. The number of rotatable bonds is 4. The largest absolute Gasteiger partial charge is 0.355 e. The Bertz CT molecular complexity index is 996. The zero-order valence-electron chi connectivity index (χ0n) is 15.1. The molecule has 26 heavy (non-hydrogen) atoms. The van der Waals surface area contributed by atoms with Crippen LogP contribution in [0.2, 0.25) is 0 Å². The minimum absolute atomic E-state index is 0.176. The summed E-state index contributed by atoms with van der Waals surface area (Å²) >= 11 is 0. The molecule has 1 heterocycles. The molecule has 0 aliphatic carbocycles. The molecular weight excluding hydrogens is 326 g/mol. The second kappa shape index (κ2) is 7.35. The Labute approximate surface area is 152 Å². The number of hydrogen-bond acceptors (Lipinski definition) is 3. The van der Waals surface area contributed by atoms with Crippen LogP contribution < -0.4 is 10.6 Å². The fourth-order valence-corrected chi connectivity index (χ4v) is 3.11. The van der Waals surface area contributed by atoms with Crippen molar-refractivity contribution in [3.8, 4) is 0 Å². The van der Waals surface area contributed by atoms with Gasteiger partial charge in [0, 0.05) is 18.1 Å². The molecule has 0 saturated carbocycles. The van der Waals surface area contributed by atoms with Gasteiger partial charge in [0.25, 0.3) is 5.91 Å². The molecule has 0 aliphatic heterocycles. The molecule has 2 amide bonds. The van der Waals surface area contributed by atoms with Crippen LogP contribution in [0.4, 0.5) is 5.69 Å². The predicted octanol–water partition coefficient (Wildman–Crippen LogP) is 3.39. The molecule has 0 aliphatic rings. The van der Waals surface area contributed by atoms with Crippen LogP contribution in [0, 0.1) is 13.8 Å². The normalized spacial score (nSPS) is 10.6. The molecule has 132 valence electrons. The molecule has 2 N–H and O–H groups in total.